The molecule has 0 radical (unpaired) electrons. The molecule has 1 aromatic heterocycles. The van der Waals surface area contributed by atoms with Crippen LogP contribution in [0.3, 0.4) is 0 Å². The van der Waals surface area contributed by atoms with Crippen LogP contribution in [-0.4, -0.2) is 57.1 Å². The zero-order valence-electron chi connectivity index (χ0n) is 15.4. The monoisotopic (exact) mass is 368 g/mol. The summed E-state index contributed by atoms with van der Waals surface area (Å²) >= 11 is 0. The molecule has 7 heteroatoms. The molecule has 27 heavy (non-hydrogen) atoms. The largest absolute Gasteiger partial charge is 0.480 e. The van der Waals surface area contributed by atoms with Crippen LogP contribution in [-0.2, 0) is 11.8 Å². The van der Waals surface area contributed by atoms with Crippen LogP contribution in [0.1, 0.15) is 29.6 Å². The van der Waals surface area contributed by atoms with Crippen molar-refractivity contribution in [2.45, 2.75) is 25.3 Å². The van der Waals surface area contributed by atoms with Crippen LogP contribution in [0.4, 0.5) is 0 Å². The Kier molecular flexibility index (Phi) is 4.47. The number of aryl methyl sites for hydroxylation is 1. The molecule has 2 saturated heterocycles. The van der Waals surface area contributed by atoms with Crippen molar-refractivity contribution in [3.05, 3.63) is 42.2 Å². The van der Waals surface area contributed by atoms with Crippen molar-refractivity contribution < 1.29 is 14.7 Å². The minimum Gasteiger partial charge on any atom is -0.480 e. The maximum Gasteiger partial charge on any atom is 0.326 e. The third-order valence-corrected chi connectivity index (χ3v) is 5.94. The minimum atomic E-state index is -0.923. The number of amides is 1. The van der Waals surface area contributed by atoms with E-state index in [2.05, 4.69) is 10.3 Å². The van der Waals surface area contributed by atoms with E-state index in [1.807, 2.05) is 36.0 Å². The van der Waals surface area contributed by atoms with Crippen molar-refractivity contribution in [1.82, 2.24) is 19.8 Å². The number of hydrogen-bond donors (Lipinski definition) is 2. The van der Waals surface area contributed by atoms with Gasteiger partial charge in [0, 0.05) is 31.5 Å². The van der Waals surface area contributed by atoms with Crippen LogP contribution in [0, 0.1) is 5.41 Å². The van der Waals surface area contributed by atoms with Gasteiger partial charge in [-0.05, 0) is 43.8 Å². The Labute approximate surface area is 158 Å². The first kappa shape index (κ1) is 17.7. The molecule has 1 spiro atoms. The molecule has 2 aromatic rings. The van der Waals surface area contributed by atoms with Crippen molar-refractivity contribution >= 4 is 11.9 Å². The highest BCUT2D eigenvalue weighted by molar-refractivity contribution is 6.02. The fourth-order valence-electron chi connectivity index (χ4n) is 4.45. The fraction of sp³-hybridized carbons (Fsp3) is 0.450. The van der Waals surface area contributed by atoms with Gasteiger partial charge in [-0.3, -0.25) is 4.79 Å². The quantitative estimate of drug-likeness (QED) is 0.862. The number of piperidine rings is 1. The molecule has 4 rings (SSSR count). The fourth-order valence-corrected chi connectivity index (χ4v) is 4.45. The van der Waals surface area contributed by atoms with E-state index in [0.717, 1.165) is 31.5 Å². The Hall–Kier alpha value is -2.67. The van der Waals surface area contributed by atoms with E-state index >= 15 is 0 Å². The van der Waals surface area contributed by atoms with Gasteiger partial charge in [0.2, 0.25) is 0 Å². The highest BCUT2D eigenvalue weighted by atomic mass is 16.4. The molecule has 0 saturated carbocycles. The Morgan fingerprint density at radius 2 is 2.00 bits per heavy atom. The van der Waals surface area contributed by atoms with Crippen LogP contribution in [0.25, 0.3) is 11.4 Å². The molecule has 1 aromatic carbocycles. The second-order valence-corrected chi connectivity index (χ2v) is 7.65. The highest BCUT2D eigenvalue weighted by Crippen LogP contribution is 2.43. The first-order valence-corrected chi connectivity index (χ1v) is 9.32. The summed E-state index contributed by atoms with van der Waals surface area (Å²) in [5.74, 6) is -0.453. The lowest BCUT2D eigenvalue weighted by atomic mass is 9.77. The van der Waals surface area contributed by atoms with E-state index in [-0.39, 0.29) is 11.3 Å². The third-order valence-electron chi connectivity index (χ3n) is 5.94. The lowest BCUT2D eigenvalue weighted by Gasteiger charge is -2.33. The number of nitrogens with one attached hydrogen (secondary N) is 1. The van der Waals surface area contributed by atoms with Crippen LogP contribution < -0.4 is 5.32 Å². The molecule has 3 heterocycles. The van der Waals surface area contributed by atoms with Crippen molar-refractivity contribution in [3.8, 4) is 11.4 Å². The van der Waals surface area contributed by atoms with Crippen molar-refractivity contribution in [2.24, 2.45) is 12.5 Å². The molecule has 0 unspecified atom stereocenters. The molecule has 1 atom stereocenters. The van der Waals surface area contributed by atoms with E-state index in [9.17, 15) is 14.7 Å². The molecule has 142 valence electrons. The number of benzene rings is 1. The molecule has 0 aliphatic carbocycles. The molecular formula is C20H24N4O3. The minimum absolute atomic E-state index is 0.0951. The number of hydrogen-bond acceptors (Lipinski definition) is 4. The average molecular weight is 368 g/mol. The maximum absolute atomic E-state index is 13.4. The molecule has 0 bridgehead atoms. The molecular weight excluding hydrogens is 344 g/mol. The number of carboxylic acid groups (broad SMARTS) is 1. The lowest BCUT2D eigenvalue weighted by molar-refractivity contribution is -0.141. The lowest BCUT2D eigenvalue weighted by Crippen LogP contribution is -2.42. The standard InChI is InChI=1S/C20H24N4O3/c1-23-11-10-22-17(23)14-4-2-3-5-15(14)18(25)24-13-20(6-8-21-9-7-20)12-16(24)19(26)27/h2-5,10-11,16,21H,6-9,12-13H2,1H3,(H,26,27)/t16-/m0/s1. The van der Waals surface area contributed by atoms with Gasteiger partial charge in [0.25, 0.3) is 5.91 Å². The zero-order chi connectivity index (χ0) is 19.0. The number of imidazole rings is 1. The number of carbonyl (C=O) groups is 2. The Morgan fingerprint density at radius 1 is 1.26 bits per heavy atom. The zero-order valence-corrected chi connectivity index (χ0v) is 15.4. The summed E-state index contributed by atoms with van der Waals surface area (Å²) in [5, 5.41) is 13.1. The molecule has 2 aliphatic heterocycles. The molecule has 2 N–H and O–H groups in total. The number of carboxylic acids is 1. The Balaban J connectivity index is 1.70. The predicted molar refractivity (Wildman–Crippen MR) is 100 cm³/mol. The molecule has 2 fully saturated rings. The smallest absolute Gasteiger partial charge is 0.326 e. The van der Waals surface area contributed by atoms with Crippen LogP contribution in [0.5, 0.6) is 0 Å². The average Bonchev–Trinajstić information content (AvgIpc) is 3.26. The normalized spacial score (nSPS) is 21.5. The van der Waals surface area contributed by atoms with Gasteiger partial charge in [-0.1, -0.05) is 18.2 Å². The van der Waals surface area contributed by atoms with Crippen molar-refractivity contribution in [1.29, 1.82) is 0 Å². The summed E-state index contributed by atoms with van der Waals surface area (Å²) in [6, 6.07) is 6.53. The second-order valence-electron chi connectivity index (χ2n) is 7.65. The summed E-state index contributed by atoms with van der Waals surface area (Å²) < 4.78 is 1.86. The van der Waals surface area contributed by atoms with Gasteiger partial charge in [-0.15, -0.1) is 0 Å². The van der Waals surface area contributed by atoms with Gasteiger partial charge in [0.1, 0.15) is 11.9 Å². The van der Waals surface area contributed by atoms with Gasteiger partial charge in [-0.25, -0.2) is 9.78 Å². The Bertz CT molecular complexity index is 870. The van der Waals surface area contributed by atoms with Gasteiger partial charge in [0.05, 0.1) is 5.56 Å². The molecule has 1 amide bonds. The number of likely N-dealkylation sites (tertiary alicyclic amines) is 1. The number of aromatic nitrogens is 2. The third kappa shape index (κ3) is 3.12. The van der Waals surface area contributed by atoms with E-state index in [1.54, 1.807) is 17.2 Å². The topological polar surface area (TPSA) is 87.5 Å². The second kappa shape index (κ2) is 6.81. The van der Waals surface area contributed by atoms with E-state index in [1.165, 1.54) is 0 Å². The van der Waals surface area contributed by atoms with Gasteiger partial charge >= 0.3 is 5.97 Å². The van der Waals surface area contributed by atoms with Crippen LogP contribution in [0.2, 0.25) is 0 Å². The maximum atomic E-state index is 13.4. The van der Waals surface area contributed by atoms with Crippen molar-refractivity contribution in [2.75, 3.05) is 19.6 Å². The molecule has 2 aliphatic rings. The number of carbonyl (C=O) groups excluding carboxylic acids is 1. The summed E-state index contributed by atoms with van der Waals surface area (Å²) in [6.45, 7) is 2.25. The SMILES string of the molecule is Cn1ccnc1-c1ccccc1C(=O)N1CC2(CCNCC2)C[C@H]1C(=O)O. The predicted octanol–water partition coefficient (Wildman–Crippen LogP) is 1.76. The van der Waals surface area contributed by atoms with E-state index < -0.39 is 12.0 Å². The Morgan fingerprint density at radius 3 is 2.67 bits per heavy atom. The van der Waals surface area contributed by atoms with E-state index in [0.29, 0.717) is 24.4 Å². The first-order chi connectivity index (χ1) is 13.0. The van der Waals surface area contributed by atoms with Gasteiger partial charge < -0.3 is 19.9 Å². The number of aliphatic carboxylic acids is 1. The molecule has 7 nitrogen and oxygen atoms in total. The summed E-state index contributed by atoms with van der Waals surface area (Å²) in [6.07, 6.45) is 5.86. The summed E-state index contributed by atoms with van der Waals surface area (Å²) in [4.78, 5) is 31.3. The van der Waals surface area contributed by atoms with Crippen LogP contribution in [0.15, 0.2) is 36.7 Å². The van der Waals surface area contributed by atoms with Gasteiger partial charge in [0.15, 0.2) is 0 Å². The van der Waals surface area contributed by atoms with Crippen molar-refractivity contribution in [3.63, 3.8) is 0 Å². The first-order valence-electron chi connectivity index (χ1n) is 9.32. The van der Waals surface area contributed by atoms with E-state index in [4.69, 9.17) is 0 Å². The number of nitrogens with zero attached hydrogens (tertiary/aromatic N) is 3. The highest BCUT2D eigenvalue weighted by Gasteiger charge is 2.49. The number of rotatable bonds is 3. The summed E-state index contributed by atoms with van der Waals surface area (Å²) in [7, 11) is 1.88. The summed E-state index contributed by atoms with van der Waals surface area (Å²) in [5.41, 5.74) is 1.14. The van der Waals surface area contributed by atoms with Crippen LogP contribution >= 0.6 is 0 Å². The van der Waals surface area contributed by atoms with Gasteiger partial charge in [-0.2, -0.15) is 0 Å².